The SMILES string of the molecule is CCN(CC)[C@H](CNC(=O)c1ccc[nH]c1=O)c1ccccc1. The molecule has 0 unspecified atom stereocenters. The highest BCUT2D eigenvalue weighted by Gasteiger charge is 2.19. The van der Waals surface area contributed by atoms with E-state index in [-0.39, 0.29) is 23.1 Å². The summed E-state index contributed by atoms with van der Waals surface area (Å²) in [6.07, 6.45) is 1.52. The first kappa shape index (κ1) is 17.0. The summed E-state index contributed by atoms with van der Waals surface area (Å²) >= 11 is 0. The topological polar surface area (TPSA) is 65.2 Å². The molecule has 1 aromatic carbocycles. The zero-order chi connectivity index (χ0) is 16.7. The predicted octanol–water partition coefficient (Wildman–Crippen LogP) is 2.19. The number of carbonyl (C=O) groups is 1. The third-order valence-electron chi connectivity index (χ3n) is 3.96. The number of amides is 1. The fourth-order valence-electron chi connectivity index (χ4n) is 2.68. The van der Waals surface area contributed by atoms with E-state index >= 15 is 0 Å². The van der Waals surface area contributed by atoms with Crippen LogP contribution in [0.4, 0.5) is 0 Å². The number of aromatic amines is 1. The largest absolute Gasteiger partial charge is 0.350 e. The average molecular weight is 313 g/mol. The summed E-state index contributed by atoms with van der Waals surface area (Å²) in [5, 5.41) is 2.89. The number of hydrogen-bond donors (Lipinski definition) is 2. The monoisotopic (exact) mass is 313 g/mol. The lowest BCUT2D eigenvalue weighted by Gasteiger charge is -2.30. The van der Waals surface area contributed by atoms with Gasteiger partial charge in [-0.05, 0) is 30.8 Å². The Kier molecular flexibility index (Phi) is 6.11. The zero-order valence-corrected chi connectivity index (χ0v) is 13.6. The van der Waals surface area contributed by atoms with Gasteiger partial charge in [0.05, 0.1) is 6.04 Å². The summed E-state index contributed by atoms with van der Waals surface area (Å²) in [5.74, 6) is -0.347. The van der Waals surface area contributed by atoms with E-state index < -0.39 is 0 Å². The third-order valence-corrected chi connectivity index (χ3v) is 3.96. The van der Waals surface area contributed by atoms with E-state index in [4.69, 9.17) is 0 Å². The molecule has 1 atom stereocenters. The summed E-state index contributed by atoms with van der Waals surface area (Å²) in [7, 11) is 0. The second kappa shape index (κ2) is 8.29. The normalized spacial score (nSPS) is 12.1. The maximum atomic E-state index is 12.3. The van der Waals surface area contributed by atoms with Gasteiger partial charge >= 0.3 is 0 Å². The number of nitrogens with one attached hydrogen (secondary N) is 2. The molecule has 122 valence electrons. The van der Waals surface area contributed by atoms with Gasteiger partial charge in [-0.2, -0.15) is 0 Å². The number of nitrogens with zero attached hydrogens (tertiary/aromatic N) is 1. The Morgan fingerprint density at radius 1 is 1.13 bits per heavy atom. The molecule has 1 aromatic heterocycles. The van der Waals surface area contributed by atoms with Gasteiger partial charge in [-0.3, -0.25) is 14.5 Å². The zero-order valence-electron chi connectivity index (χ0n) is 13.6. The Hall–Kier alpha value is -2.40. The maximum absolute atomic E-state index is 12.3. The minimum Gasteiger partial charge on any atom is -0.350 e. The summed E-state index contributed by atoms with van der Waals surface area (Å²) in [6.45, 7) is 6.43. The van der Waals surface area contributed by atoms with Crippen molar-refractivity contribution in [3.05, 3.63) is 70.1 Å². The molecule has 0 aliphatic heterocycles. The van der Waals surface area contributed by atoms with Crippen LogP contribution in [-0.2, 0) is 0 Å². The van der Waals surface area contributed by atoms with E-state index in [1.165, 1.54) is 12.3 Å². The molecule has 0 radical (unpaired) electrons. The summed E-state index contributed by atoms with van der Waals surface area (Å²) in [6, 6.07) is 13.3. The van der Waals surface area contributed by atoms with Crippen LogP contribution >= 0.6 is 0 Å². The van der Waals surface area contributed by atoms with Crippen molar-refractivity contribution in [2.45, 2.75) is 19.9 Å². The first-order chi connectivity index (χ1) is 11.2. The molecule has 23 heavy (non-hydrogen) atoms. The van der Waals surface area contributed by atoms with Crippen molar-refractivity contribution in [2.75, 3.05) is 19.6 Å². The first-order valence-electron chi connectivity index (χ1n) is 7.92. The molecule has 0 spiro atoms. The number of rotatable bonds is 7. The molecule has 2 aromatic rings. The van der Waals surface area contributed by atoms with Gasteiger partial charge in [0.1, 0.15) is 5.56 Å². The van der Waals surface area contributed by atoms with Crippen molar-refractivity contribution in [3.8, 4) is 0 Å². The van der Waals surface area contributed by atoms with Crippen LogP contribution in [0, 0.1) is 0 Å². The highest BCUT2D eigenvalue weighted by atomic mass is 16.2. The second-order valence-electron chi connectivity index (χ2n) is 5.27. The molecule has 0 saturated carbocycles. The molecule has 0 fully saturated rings. The first-order valence-corrected chi connectivity index (χ1v) is 7.92. The third kappa shape index (κ3) is 4.29. The molecule has 1 amide bonds. The Balaban J connectivity index is 2.14. The Morgan fingerprint density at radius 3 is 2.43 bits per heavy atom. The van der Waals surface area contributed by atoms with E-state index in [1.54, 1.807) is 6.07 Å². The highest BCUT2D eigenvalue weighted by Crippen LogP contribution is 2.19. The van der Waals surface area contributed by atoms with E-state index in [0.717, 1.165) is 18.7 Å². The van der Waals surface area contributed by atoms with Crippen LogP contribution in [-0.4, -0.2) is 35.4 Å². The number of benzene rings is 1. The summed E-state index contributed by atoms with van der Waals surface area (Å²) in [4.78, 5) is 28.7. The molecule has 5 heteroatoms. The van der Waals surface area contributed by atoms with E-state index in [9.17, 15) is 9.59 Å². The summed E-state index contributed by atoms with van der Waals surface area (Å²) in [5.41, 5.74) is 0.918. The number of aromatic nitrogens is 1. The Bertz CT molecular complexity index is 678. The standard InChI is InChI=1S/C18H23N3O2/c1-3-21(4-2)16(14-9-6-5-7-10-14)13-20-18(23)15-11-8-12-19-17(15)22/h5-12,16H,3-4,13H2,1-2H3,(H,19,22)(H,20,23)/t16-/m1/s1. The van der Waals surface area contributed by atoms with Crippen LogP contribution in [0.25, 0.3) is 0 Å². The molecule has 5 nitrogen and oxygen atoms in total. The van der Waals surface area contributed by atoms with Gasteiger partial charge in [-0.15, -0.1) is 0 Å². The van der Waals surface area contributed by atoms with Crippen LogP contribution in [0.15, 0.2) is 53.5 Å². The molecule has 0 aliphatic carbocycles. The van der Waals surface area contributed by atoms with Crippen molar-refractivity contribution < 1.29 is 4.79 Å². The average Bonchev–Trinajstić information content (AvgIpc) is 2.59. The number of carbonyl (C=O) groups excluding carboxylic acids is 1. The minimum atomic E-state index is -0.371. The second-order valence-corrected chi connectivity index (χ2v) is 5.27. The molecular weight excluding hydrogens is 290 g/mol. The van der Waals surface area contributed by atoms with Crippen LogP contribution in [0.2, 0.25) is 0 Å². The molecule has 0 bridgehead atoms. The van der Waals surface area contributed by atoms with E-state index in [2.05, 4.69) is 41.2 Å². The molecule has 1 heterocycles. The van der Waals surface area contributed by atoms with Gasteiger partial charge in [0.2, 0.25) is 0 Å². The fraction of sp³-hybridized carbons (Fsp3) is 0.333. The van der Waals surface area contributed by atoms with Gasteiger partial charge in [-0.1, -0.05) is 44.2 Å². The lowest BCUT2D eigenvalue weighted by atomic mass is 10.0. The van der Waals surface area contributed by atoms with Crippen molar-refractivity contribution in [1.29, 1.82) is 0 Å². The van der Waals surface area contributed by atoms with Crippen molar-refractivity contribution in [2.24, 2.45) is 0 Å². The van der Waals surface area contributed by atoms with Gasteiger partial charge in [-0.25, -0.2) is 0 Å². The van der Waals surface area contributed by atoms with Crippen LogP contribution in [0.1, 0.15) is 35.8 Å². The molecule has 0 saturated heterocycles. The number of pyridine rings is 1. The quantitative estimate of drug-likeness (QED) is 0.823. The Labute approximate surface area is 136 Å². The highest BCUT2D eigenvalue weighted by molar-refractivity contribution is 5.93. The lowest BCUT2D eigenvalue weighted by Crippen LogP contribution is -2.39. The van der Waals surface area contributed by atoms with Crippen molar-refractivity contribution in [1.82, 2.24) is 15.2 Å². The number of likely N-dealkylation sites (N-methyl/N-ethyl adjacent to an activating group) is 1. The predicted molar refractivity (Wildman–Crippen MR) is 91.5 cm³/mol. The molecule has 0 aliphatic rings. The van der Waals surface area contributed by atoms with Gasteiger partial charge < -0.3 is 10.3 Å². The van der Waals surface area contributed by atoms with Crippen LogP contribution in [0.3, 0.4) is 0 Å². The number of H-pyrrole nitrogens is 1. The van der Waals surface area contributed by atoms with Crippen LogP contribution in [0.5, 0.6) is 0 Å². The maximum Gasteiger partial charge on any atom is 0.260 e. The minimum absolute atomic E-state index is 0.0814. The van der Waals surface area contributed by atoms with Crippen molar-refractivity contribution in [3.63, 3.8) is 0 Å². The van der Waals surface area contributed by atoms with Gasteiger partial charge in [0, 0.05) is 12.7 Å². The van der Waals surface area contributed by atoms with E-state index in [0.29, 0.717) is 6.54 Å². The Morgan fingerprint density at radius 2 is 1.83 bits per heavy atom. The molecule has 2 rings (SSSR count). The smallest absolute Gasteiger partial charge is 0.260 e. The molecule has 2 N–H and O–H groups in total. The van der Waals surface area contributed by atoms with E-state index in [1.807, 2.05) is 18.2 Å². The molecular formula is C18H23N3O2. The lowest BCUT2D eigenvalue weighted by molar-refractivity contribution is 0.0933. The number of hydrogen-bond acceptors (Lipinski definition) is 3. The van der Waals surface area contributed by atoms with Gasteiger partial charge in [0.25, 0.3) is 11.5 Å². The van der Waals surface area contributed by atoms with Crippen LogP contribution < -0.4 is 10.9 Å². The summed E-state index contributed by atoms with van der Waals surface area (Å²) < 4.78 is 0. The fourth-order valence-corrected chi connectivity index (χ4v) is 2.68. The van der Waals surface area contributed by atoms with Crippen molar-refractivity contribution >= 4 is 5.91 Å². The van der Waals surface area contributed by atoms with Gasteiger partial charge in [0.15, 0.2) is 0 Å².